The molecule has 2 fully saturated rings. The standard InChI is InChI=1S/C26H28N6O/c33-26(31-18-16-29(17-19-31)24-9-3-4-12-27-24)20-10-14-30(15-11-20)25-23-8-5-13-32(23)22-7-2-1-6-21(22)28-25/h1-9,12-13,20H,10-11,14-19H2. The molecule has 0 radical (unpaired) electrons. The van der Waals surface area contributed by atoms with Crippen LogP contribution in [0.1, 0.15) is 12.8 Å². The highest BCUT2D eigenvalue weighted by Gasteiger charge is 2.31. The number of aromatic nitrogens is 3. The molecule has 2 aliphatic heterocycles. The summed E-state index contributed by atoms with van der Waals surface area (Å²) in [5.41, 5.74) is 3.25. The van der Waals surface area contributed by atoms with Crippen LogP contribution in [0.5, 0.6) is 0 Å². The van der Waals surface area contributed by atoms with E-state index in [1.807, 2.05) is 30.5 Å². The van der Waals surface area contributed by atoms with Gasteiger partial charge in [0.1, 0.15) is 5.82 Å². The van der Waals surface area contributed by atoms with Crippen molar-refractivity contribution in [1.29, 1.82) is 0 Å². The molecule has 0 bridgehead atoms. The van der Waals surface area contributed by atoms with E-state index in [0.29, 0.717) is 5.91 Å². The first-order valence-electron chi connectivity index (χ1n) is 11.8. The van der Waals surface area contributed by atoms with Crippen LogP contribution >= 0.6 is 0 Å². The number of carbonyl (C=O) groups is 1. The molecule has 2 saturated heterocycles. The van der Waals surface area contributed by atoms with E-state index in [1.54, 1.807) is 0 Å². The lowest BCUT2D eigenvalue weighted by Crippen LogP contribution is -2.52. The van der Waals surface area contributed by atoms with E-state index >= 15 is 0 Å². The molecule has 0 atom stereocenters. The molecule has 0 N–H and O–H groups in total. The van der Waals surface area contributed by atoms with E-state index in [4.69, 9.17) is 4.98 Å². The van der Waals surface area contributed by atoms with Crippen molar-refractivity contribution in [3.05, 3.63) is 67.0 Å². The molecule has 33 heavy (non-hydrogen) atoms. The Balaban J connectivity index is 1.12. The Morgan fingerprint density at radius 2 is 1.55 bits per heavy atom. The molecule has 0 saturated carbocycles. The van der Waals surface area contributed by atoms with Crippen LogP contribution in [0, 0.1) is 5.92 Å². The van der Waals surface area contributed by atoms with Gasteiger partial charge in [0.15, 0.2) is 5.82 Å². The van der Waals surface area contributed by atoms with Crippen molar-refractivity contribution in [2.24, 2.45) is 5.92 Å². The van der Waals surface area contributed by atoms with Crippen LogP contribution in [0.25, 0.3) is 16.6 Å². The molecule has 7 nitrogen and oxygen atoms in total. The van der Waals surface area contributed by atoms with E-state index in [9.17, 15) is 4.79 Å². The van der Waals surface area contributed by atoms with Gasteiger partial charge in [0.2, 0.25) is 5.91 Å². The number of nitrogens with zero attached hydrogens (tertiary/aromatic N) is 6. The van der Waals surface area contributed by atoms with Gasteiger partial charge in [-0.05, 0) is 49.2 Å². The van der Waals surface area contributed by atoms with Crippen molar-refractivity contribution in [2.45, 2.75) is 12.8 Å². The minimum Gasteiger partial charge on any atom is -0.355 e. The van der Waals surface area contributed by atoms with Gasteiger partial charge < -0.3 is 19.1 Å². The maximum Gasteiger partial charge on any atom is 0.225 e. The summed E-state index contributed by atoms with van der Waals surface area (Å²) in [6.07, 6.45) is 5.68. The molecule has 3 aromatic heterocycles. The van der Waals surface area contributed by atoms with Crippen molar-refractivity contribution >= 4 is 34.1 Å². The summed E-state index contributed by atoms with van der Waals surface area (Å²) in [5, 5.41) is 0. The number of piperidine rings is 1. The molecule has 4 aromatic rings. The van der Waals surface area contributed by atoms with Gasteiger partial charge in [0, 0.05) is 57.6 Å². The van der Waals surface area contributed by atoms with Crippen molar-refractivity contribution in [3.8, 4) is 0 Å². The van der Waals surface area contributed by atoms with Crippen molar-refractivity contribution in [1.82, 2.24) is 19.3 Å². The molecule has 1 amide bonds. The maximum absolute atomic E-state index is 13.2. The number of rotatable bonds is 3. The summed E-state index contributed by atoms with van der Waals surface area (Å²) in [4.78, 5) is 29.3. The Morgan fingerprint density at radius 1 is 0.788 bits per heavy atom. The fourth-order valence-electron chi connectivity index (χ4n) is 5.23. The summed E-state index contributed by atoms with van der Waals surface area (Å²) >= 11 is 0. The van der Waals surface area contributed by atoms with E-state index in [0.717, 1.165) is 80.3 Å². The van der Waals surface area contributed by atoms with Gasteiger partial charge in [0.05, 0.1) is 16.6 Å². The Morgan fingerprint density at radius 3 is 2.33 bits per heavy atom. The van der Waals surface area contributed by atoms with Crippen molar-refractivity contribution in [3.63, 3.8) is 0 Å². The Bertz CT molecular complexity index is 1270. The summed E-state index contributed by atoms with van der Waals surface area (Å²) in [5.74, 6) is 2.44. The summed E-state index contributed by atoms with van der Waals surface area (Å²) in [6.45, 7) is 4.94. The van der Waals surface area contributed by atoms with Gasteiger partial charge in [-0.1, -0.05) is 18.2 Å². The van der Waals surface area contributed by atoms with E-state index in [1.165, 1.54) is 0 Å². The van der Waals surface area contributed by atoms with E-state index in [-0.39, 0.29) is 5.92 Å². The fourth-order valence-corrected chi connectivity index (χ4v) is 5.23. The molecule has 2 aliphatic rings. The minimum absolute atomic E-state index is 0.103. The number of hydrogen-bond donors (Lipinski definition) is 0. The van der Waals surface area contributed by atoms with Crippen LogP contribution in [-0.4, -0.2) is 64.4 Å². The number of hydrogen-bond acceptors (Lipinski definition) is 5. The van der Waals surface area contributed by atoms with E-state index < -0.39 is 0 Å². The number of fused-ring (bicyclic) bond motifs is 3. The number of benzene rings is 1. The monoisotopic (exact) mass is 440 g/mol. The lowest BCUT2D eigenvalue weighted by atomic mass is 9.95. The topological polar surface area (TPSA) is 57.0 Å². The van der Waals surface area contributed by atoms with Crippen LogP contribution in [0.15, 0.2) is 67.0 Å². The molecule has 168 valence electrons. The van der Waals surface area contributed by atoms with Crippen LogP contribution in [0.3, 0.4) is 0 Å². The molecule has 5 heterocycles. The number of piperazine rings is 1. The van der Waals surface area contributed by atoms with Crippen LogP contribution in [0.2, 0.25) is 0 Å². The average molecular weight is 441 g/mol. The molecule has 1 aromatic carbocycles. The normalized spacial score (nSPS) is 17.8. The second kappa shape index (κ2) is 8.39. The van der Waals surface area contributed by atoms with Crippen LogP contribution < -0.4 is 9.80 Å². The first-order valence-corrected chi connectivity index (χ1v) is 11.8. The highest BCUT2D eigenvalue weighted by atomic mass is 16.2. The zero-order chi connectivity index (χ0) is 22.2. The second-order valence-corrected chi connectivity index (χ2v) is 8.95. The number of para-hydroxylation sites is 2. The average Bonchev–Trinajstić information content (AvgIpc) is 3.39. The number of anilines is 2. The van der Waals surface area contributed by atoms with Gasteiger partial charge in [-0.15, -0.1) is 0 Å². The summed E-state index contributed by atoms with van der Waals surface area (Å²) in [6, 6.07) is 18.5. The van der Waals surface area contributed by atoms with Gasteiger partial charge >= 0.3 is 0 Å². The number of amides is 1. The van der Waals surface area contributed by atoms with Gasteiger partial charge in [-0.2, -0.15) is 0 Å². The zero-order valence-electron chi connectivity index (χ0n) is 18.7. The van der Waals surface area contributed by atoms with Gasteiger partial charge in [-0.3, -0.25) is 4.79 Å². The molecule has 0 spiro atoms. The van der Waals surface area contributed by atoms with E-state index in [2.05, 4.69) is 60.6 Å². The molecule has 6 rings (SSSR count). The SMILES string of the molecule is O=C(C1CCN(c2nc3ccccc3n3cccc23)CC1)N1CCN(c2ccccn2)CC1. The summed E-state index contributed by atoms with van der Waals surface area (Å²) in [7, 11) is 0. The summed E-state index contributed by atoms with van der Waals surface area (Å²) < 4.78 is 2.22. The molecule has 0 aliphatic carbocycles. The first kappa shape index (κ1) is 20.0. The van der Waals surface area contributed by atoms with Crippen LogP contribution in [-0.2, 0) is 4.79 Å². The Kier molecular flexibility index (Phi) is 5.09. The largest absolute Gasteiger partial charge is 0.355 e. The Hall–Kier alpha value is -3.61. The second-order valence-electron chi connectivity index (χ2n) is 8.95. The number of carbonyl (C=O) groups excluding carboxylic acids is 1. The molecule has 7 heteroatoms. The lowest BCUT2D eigenvalue weighted by Gasteiger charge is -2.39. The third-order valence-corrected chi connectivity index (χ3v) is 7.05. The first-order chi connectivity index (χ1) is 16.3. The van der Waals surface area contributed by atoms with Gasteiger partial charge in [-0.25, -0.2) is 9.97 Å². The van der Waals surface area contributed by atoms with Gasteiger partial charge in [0.25, 0.3) is 0 Å². The predicted octanol–water partition coefficient (Wildman–Crippen LogP) is 3.45. The number of pyridine rings is 1. The zero-order valence-corrected chi connectivity index (χ0v) is 18.7. The highest BCUT2D eigenvalue weighted by molar-refractivity contribution is 5.85. The molecular formula is C26H28N6O. The minimum atomic E-state index is 0.103. The van der Waals surface area contributed by atoms with Crippen molar-refractivity contribution < 1.29 is 4.79 Å². The Labute approximate surface area is 193 Å². The smallest absolute Gasteiger partial charge is 0.225 e. The van der Waals surface area contributed by atoms with Crippen LogP contribution in [0.4, 0.5) is 11.6 Å². The molecule has 0 unspecified atom stereocenters. The fraction of sp³-hybridized carbons (Fsp3) is 0.346. The molecular weight excluding hydrogens is 412 g/mol. The predicted molar refractivity (Wildman–Crippen MR) is 131 cm³/mol. The lowest BCUT2D eigenvalue weighted by molar-refractivity contribution is -0.136. The van der Waals surface area contributed by atoms with Crippen molar-refractivity contribution in [2.75, 3.05) is 49.1 Å². The highest BCUT2D eigenvalue weighted by Crippen LogP contribution is 2.29. The maximum atomic E-state index is 13.2. The third-order valence-electron chi connectivity index (χ3n) is 7.05. The third kappa shape index (κ3) is 3.67. The quantitative estimate of drug-likeness (QED) is 0.488.